The molecular formula is C29H27IN6O3. The number of carbonyl (C=O) groups excluding carboxylic acids is 1. The third kappa shape index (κ3) is 4.66. The van der Waals surface area contributed by atoms with E-state index in [0.717, 1.165) is 20.5 Å². The number of fused-ring (bicyclic) bond motifs is 2. The number of hydrogen-bond donors (Lipinski definition) is 1. The summed E-state index contributed by atoms with van der Waals surface area (Å²) in [5, 5.41) is 3.52. The summed E-state index contributed by atoms with van der Waals surface area (Å²) in [6.07, 6.45) is 5.94. The number of aryl methyl sites for hydroxylation is 2. The molecule has 4 aromatic heterocycles. The maximum absolute atomic E-state index is 13.9. The van der Waals surface area contributed by atoms with Gasteiger partial charge >= 0.3 is 5.69 Å². The Labute approximate surface area is 237 Å². The molecule has 5 aromatic rings. The zero-order valence-electron chi connectivity index (χ0n) is 21.6. The van der Waals surface area contributed by atoms with Crippen LogP contribution in [0.4, 0.5) is 0 Å². The average molecular weight is 634 g/mol. The normalized spacial score (nSPS) is 17.5. The lowest BCUT2D eigenvalue weighted by Gasteiger charge is -2.30. The molecule has 0 radical (unpaired) electrons. The average Bonchev–Trinajstić information content (AvgIpc) is 3.36. The highest BCUT2D eigenvalue weighted by Crippen LogP contribution is 2.28. The first kappa shape index (κ1) is 25.5. The van der Waals surface area contributed by atoms with Crippen molar-refractivity contribution in [3.05, 3.63) is 102 Å². The number of benzene rings is 1. The molecule has 1 fully saturated rings. The van der Waals surface area contributed by atoms with Crippen LogP contribution in [0.25, 0.3) is 22.4 Å². The minimum Gasteiger partial charge on any atom is -0.348 e. The monoisotopic (exact) mass is 634 g/mol. The number of carbonyl (C=O) groups is 1. The first-order chi connectivity index (χ1) is 18.8. The lowest BCUT2D eigenvalue weighted by atomic mass is 9.90. The molecule has 6 rings (SSSR count). The molecule has 0 unspecified atom stereocenters. The van der Waals surface area contributed by atoms with Crippen LogP contribution in [0.5, 0.6) is 0 Å². The Hall–Kier alpha value is -3.80. The van der Waals surface area contributed by atoms with Crippen molar-refractivity contribution in [1.29, 1.82) is 0 Å². The third-order valence-corrected chi connectivity index (χ3v) is 8.12. The van der Waals surface area contributed by atoms with E-state index in [0.29, 0.717) is 48.1 Å². The van der Waals surface area contributed by atoms with Crippen LogP contribution in [-0.2, 0) is 0 Å². The van der Waals surface area contributed by atoms with Crippen molar-refractivity contribution < 1.29 is 4.79 Å². The van der Waals surface area contributed by atoms with E-state index < -0.39 is 5.69 Å². The molecule has 0 saturated heterocycles. The van der Waals surface area contributed by atoms with Gasteiger partial charge < -0.3 is 9.72 Å². The van der Waals surface area contributed by atoms with Crippen molar-refractivity contribution in [2.45, 2.75) is 51.6 Å². The van der Waals surface area contributed by atoms with Gasteiger partial charge in [0.05, 0.1) is 11.1 Å². The number of imidazole rings is 1. The van der Waals surface area contributed by atoms with Gasteiger partial charge in [-0.2, -0.15) is 0 Å². The van der Waals surface area contributed by atoms with Crippen molar-refractivity contribution >= 4 is 45.2 Å². The lowest BCUT2D eigenvalue weighted by Crippen LogP contribution is -2.45. The Bertz CT molecular complexity index is 1860. The second-order valence-electron chi connectivity index (χ2n) is 10.2. The highest BCUT2D eigenvalue weighted by Gasteiger charge is 2.28. The van der Waals surface area contributed by atoms with Gasteiger partial charge in [0, 0.05) is 33.7 Å². The van der Waals surface area contributed by atoms with Gasteiger partial charge in [-0.15, -0.1) is 0 Å². The molecule has 1 N–H and O–H groups in total. The molecule has 0 spiro atoms. The fourth-order valence-corrected chi connectivity index (χ4v) is 6.00. The van der Waals surface area contributed by atoms with Crippen molar-refractivity contribution in [3.8, 4) is 5.69 Å². The van der Waals surface area contributed by atoms with E-state index in [4.69, 9.17) is 0 Å². The van der Waals surface area contributed by atoms with Crippen LogP contribution in [0.3, 0.4) is 0 Å². The largest absolute Gasteiger partial charge is 0.348 e. The summed E-state index contributed by atoms with van der Waals surface area (Å²) in [6.45, 7) is 3.85. The van der Waals surface area contributed by atoms with Gasteiger partial charge in [-0.1, -0.05) is 12.1 Å². The summed E-state index contributed by atoms with van der Waals surface area (Å²) in [4.78, 5) is 49.4. The van der Waals surface area contributed by atoms with Crippen LogP contribution in [0.15, 0.2) is 70.5 Å². The molecule has 10 heteroatoms. The second-order valence-corrected chi connectivity index (χ2v) is 11.4. The molecule has 0 atom stereocenters. The number of amides is 1. The van der Waals surface area contributed by atoms with Crippen LogP contribution in [0.1, 0.15) is 53.5 Å². The summed E-state index contributed by atoms with van der Waals surface area (Å²) in [7, 11) is 0. The minimum atomic E-state index is -0.390. The lowest BCUT2D eigenvalue weighted by molar-refractivity contribution is 0.0917. The van der Waals surface area contributed by atoms with Crippen molar-refractivity contribution in [2.75, 3.05) is 0 Å². The van der Waals surface area contributed by atoms with Crippen molar-refractivity contribution in [1.82, 2.24) is 28.8 Å². The van der Waals surface area contributed by atoms with Gasteiger partial charge in [0.2, 0.25) is 0 Å². The van der Waals surface area contributed by atoms with Gasteiger partial charge in [0.1, 0.15) is 11.3 Å². The predicted octanol–water partition coefficient (Wildman–Crippen LogP) is 4.33. The van der Waals surface area contributed by atoms with Gasteiger partial charge in [-0.3, -0.25) is 14.2 Å². The number of aromatic nitrogens is 5. The number of pyridine rings is 2. The Balaban J connectivity index is 1.28. The first-order valence-corrected chi connectivity index (χ1v) is 14.0. The summed E-state index contributed by atoms with van der Waals surface area (Å²) in [6, 6.07) is 14.8. The number of nitrogens with zero attached hydrogens (tertiary/aromatic N) is 5. The quantitative estimate of drug-likeness (QED) is 0.297. The number of halogens is 1. The molecule has 4 heterocycles. The van der Waals surface area contributed by atoms with E-state index in [1.807, 2.05) is 60.7 Å². The molecule has 1 amide bonds. The van der Waals surface area contributed by atoms with Gasteiger partial charge in [-0.25, -0.2) is 19.3 Å². The highest BCUT2D eigenvalue weighted by molar-refractivity contribution is 14.1. The van der Waals surface area contributed by atoms with Crippen molar-refractivity contribution in [2.24, 2.45) is 0 Å². The van der Waals surface area contributed by atoms with Crippen molar-refractivity contribution in [3.63, 3.8) is 0 Å². The zero-order valence-corrected chi connectivity index (χ0v) is 23.8. The molecule has 0 aliphatic heterocycles. The van der Waals surface area contributed by atoms with Crippen LogP contribution >= 0.6 is 22.6 Å². The Morgan fingerprint density at radius 1 is 1.03 bits per heavy atom. The summed E-state index contributed by atoms with van der Waals surface area (Å²) in [5.41, 5.74) is 3.28. The Morgan fingerprint density at radius 2 is 1.79 bits per heavy atom. The SMILES string of the molecule is Cc1cnc2c(c1)c(=O)n(C1CCC(NC(=O)c3cn4c(C)cccc4n3)CC1)c(=O)n2-c1cccc(I)c1. The molecule has 1 aromatic carbocycles. The van der Waals surface area contributed by atoms with E-state index in [1.54, 1.807) is 18.5 Å². The van der Waals surface area contributed by atoms with E-state index in [1.165, 1.54) is 9.13 Å². The Kier molecular flexibility index (Phi) is 6.57. The van der Waals surface area contributed by atoms with Crippen LogP contribution in [-0.4, -0.2) is 35.5 Å². The van der Waals surface area contributed by atoms with E-state index in [-0.39, 0.29) is 23.6 Å². The molecule has 1 aliphatic carbocycles. The van der Waals surface area contributed by atoms with Gasteiger partial charge in [0.15, 0.2) is 5.65 Å². The topological polar surface area (TPSA) is 103 Å². The fourth-order valence-electron chi connectivity index (χ4n) is 5.48. The number of rotatable bonds is 4. The predicted molar refractivity (Wildman–Crippen MR) is 158 cm³/mol. The van der Waals surface area contributed by atoms with E-state index >= 15 is 0 Å². The standard InChI is InChI=1S/C29H27IN6O3/c1-17-13-23-26(31-15-17)35(22-7-4-6-19(30)14-22)29(39)36(28(23)38)21-11-9-20(10-12-21)32-27(37)24-16-34-18(2)5-3-8-25(34)33-24/h3-8,13-16,20-21H,9-12H2,1-2H3,(H,32,37). The summed E-state index contributed by atoms with van der Waals surface area (Å²) >= 11 is 2.21. The molecule has 9 nitrogen and oxygen atoms in total. The van der Waals surface area contributed by atoms with E-state index in [9.17, 15) is 14.4 Å². The van der Waals surface area contributed by atoms with Gasteiger partial charge in [0.25, 0.3) is 11.5 Å². The minimum absolute atomic E-state index is 0.0577. The van der Waals surface area contributed by atoms with Crippen LogP contribution in [0, 0.1) is 17.4 Å². The number of nitrogens with one attached hydrogen (secondary N) is 1. The van der Waals surface area contributed by atoms with Crippen LogP contribution < -0.4 is 16.6 Å². The molecule has 198 valence electrons. The molecular weight excluding hydrogens is 607 g/mol. The van der Waals surface area contributed by atoms with Crippen LogP contribution in [0.2, 0.25) is 0 Å². The fraction of sp³-hybridized carbons (Fsp3) is 0.276. The molecule has 0 bridgehead atoms. The Morgan fingerprint density at radius 3 is 2.54 bits per heavy atom. The molecule has 39 heavy (non-hydrogen) atoms. The smallest absolute Gasteiger partial charge is 0.337 e. The van der Waals surface area contributed by atoms with E-state index in [2.05, 4.69) is 37.9 Å². The first-order valence-electron chi connectivity index (χ1n) is 13.0. The maximum Gasteiger partial charge on any atom is 0.337 e. The maximum atomic E-state index is 13.9. The number of hydrogen-bond acceptors (Lipinski definition) is 5. The molecule has 1 aliphatic rings. The van der Waals surface area contributed by atoms with Gasteiger partial charge in [-0.05, 0) is 104 Å². The summed E-state index contributed by atoms with van der Waals surface area (Å²) < 4.78 is 5.81. The zero-order chi connectivity index (χ0) is 27.3. The second kappa shape index (κ2) is 10.1. The highest BCUT2D eigenvalue weighted by atomic mass is 127. The third-order valence-electron chi connectivity index (χ3n) is 7.45. The summed E-state index contributed by atoms with van der Waals surface area (Å²) in [5.74, 6) is -0.216. The molecule has 1 saturated carbocycles.